The zero-order valence-corrected chi connectivity index (χ0v) is 10.3. The van der Waals surface area contributed by atoms with E-state index in [2.05, 4.69) is 0 Å². The van der Waals surface area contributed by atoms with Crippen LogP contribution < -0.4 is 0 Å². The van der Waals surface area contributed by atoms with Crippen LogP contribution in [0.5, 0.6) is 0 Å². The average molecular weight is 272 g/mol. The summed E-state index contributed by atoms with van der Waals surface area (Å²) in [4.78, 5) is 22.7. The minimum atomic E-state index is -3.14. The first kappa shape index (κ1) is 13.7. The third-order valence-corrected chi connectivity index (χ3v) is 3.77. The first-order chi connectivity index (χ1) is 8.80. The number of hydrogen-bond donors (Lipinski definition) is 2. The lowest BCUT2D eigenvalue weighted by molar-refractivity contribution is -0.159. The van der Waals surface area contributed by atoms with E-state index in [-0.39, 0.29) is 17.1 Å². The third-order valence-electron chi connectivity index (χ3n) is 3.77. The molecule has 1 saturated carbocycles. The Morgan fingerprint density at radius 1 is 1.37 bits per heavy atom. The Morgan fingerprint density at radius 2 is 1.95 bits per heavy atom. The van der Waals surface area contributed by atoms with E-state index in [1.54, 1.807) is 0 Å². The van der Waals surface area contributed by atoms with E-state index in [9.17, 15) is 23.5 Å². The SMILES string of the molecule is CC1=CC(C(=O)O)(C(F)F)C(C2CC2)C(C(=O)O)=C1. The first-order valence-electron chi connectivity index (χ1n) is 5.96. The molecular weight excluding hydrogens is 258 g/mol. The van der Waals surface area contributed by atoms with Crippen LogP contribution in [0.3, 0.4) is 0 Å². The van der Waals surface area contributed by atoms with Gasteiger partial charge in [0.2, 0.25) is 0 Å². The molecule has 2 N–H and O–H groups in total. The standard InChI is InChI=1S/C13H14F2O4/c1-6-4-8(10(16)17)9(7-2-3-7)13(5-6,11(14)15)12(18)19/h4-5,7,9,11H,2-3H2,1H3,(H,16,17)(H,18,19). The largest absolute Gasteiger partial charge is 0.480 e. The number of carboxylic acids is 2. The predicted molar refractivity (Wildman–Crippen MR) is 61.8 cm³/mol. The number of rotatable bonds is 4. The summed E-state index contributed by atoms with van der Waals surface area (Å²) in [5.74, 6) is -4.44. The number of hydrogen-bond acceptors (Lipinski definition) is 2. The van der Waals surface area contributed by atoms with Gasteiger partial charge in [-0.3, -0.25) is 4.79 Å². The Bertz CT molecular complexity index is 491. The maximum absolute atomic E-state index is 13.4. The summed E-state index contributed by atoms with van der Waals surface area (Å²) in [5, 5.41) is 18.4. The van der Waals surface area contributed by atoms with Crippen LogP contribution in [0.25, 0.3) is 0 Å². The van der Waals surface area contributed by atoms with Crippen molar-refractivity contribution in [1.82, 2.24) is 0 Å². The fourth-order valence-electron chi connectivity index (χ4n) is 2.86. The summed E-state index contributed by atoms with van der Waals surface area (Å²) in [6.07, 6.45) is 0.339. The highest BCUT2D eigenvalue weighted by molar-refractivity contribution is 5.92. The molecule has 0 heterocycles. The molecule has 19 heavy (non-hydrogen) atoms. The van der Waals surface area contributed by atoms with E-state index in [0.717, 1.165) is 6.08 Å². The van der Waals surface area contributed by atoms with Gasteiger partial charge in [-0.15, -0.1) is 0 Å². The minimum Gasteiger partial charge on any atom is -0.480 e. The van der Waals surface area contributed by atoms with Gasteiger partial charge in [0, 0.05) is 11.5 Å². The number of aliphatic carboxylic acids is 2. The lowest BCUT2D eigenvalue weighted by Crippen LogP contribution is -2.47. The van der Waals surface area contributed by atoms with Gasteiger partial charge in [-0.25, -0.2) is 13.6 Å². The molecule has 0 spiro atoms. The first-order valence-corrected chi connectivity index (χ1v) is 5.96. The molecule has 2 aliphatic carbocycles. The molecule has 4 nitrogen and oxygen atoms in total. The second kappa shape index (κ2) is 4.43. The lowest BCUT2D eigenvalue weighted by Gasteiger charge is -2.37. The summed E-state index contributed by atoms with van der Waals surface area (Å²) >= 11 is 0. The Morgan fingerprint density at radius 3 is 2.32 bits per heavy atom. The minimum absolute atomic E-state index is 0.217. The van der Waals surface area contributed by atoms with Crippen LogP contribution in [0.15, 0.2) is 23.3 Å². The molecule has 0 aromatic carbocycles. The monoisotopic (exact) mass is 272 g/mol. The maximum Gasteiger partial charge on any atom is 0.331 e. The van der Waals surface area contributed by atoms with E-state index in [1.807, 2.05) is 0 Å². The number of halogens is 2. The van der Waals surface area contributed by atoms with Crippen molar-refractivity contribution >= 4 is 11.9 Å². The van der Waals surface area contributed by atoms with Crippen molar-refractivity contribution in [3.8, 4) is 0 Å². The number of carbonyl (C=O) groups is 2. The molecule has 1 fully saturated rings. The number of allylic oxidation sites excluding steroid dienone is 2. The number of alkyl halides is 2. The average Bonchev–Trinajstić information content (AvgIpc) is 3.10. The van der Waals surface area contributed by atoms with Gasteiger partial charge in [-0.1, -0.05) is 11.6 Å². The predicted octanol–water partition coefficient (Wildman–Crippen LogP) is 2.32. The van der Waals surface area contributed by atoms with Crippen molar-refractivity contribution in [2.75, 3.05) is 0 Å². The van der Waals surface area contributed by atoms with Crippen LogP contribution in [0, 0.1) is 17.3 Å². The molecule has 0 aromatic heterocycles. The molecule has 0 saturated heterocycles. The van der Waals surface area contributed by atoms with E-state index in [4.69, 9.17) is 5.11 Å². The molecule has 0 radical (unpaired) electrons. The van der Waals surface area contributed by atoms with Gasteiger partial charge >= 0.3 is 11.9 Å². The molecular formula is C13H14F2O4. The van der Waals surface area contributed by atoms with Crippen LogP contribution in [-0.2, 0) is 9.59 Å². The molecule has 2 aliphatic rings. The second-order valence-electron chi connectivity index (χ2n) is 5.15. The fraction of sp³-hybridized carbons (Fsp3) is 0.538. The van der Waals surface area contributed by atoms with Gasteiger partial charge in [0.25, 0.3) is 6.43 Å². The second-order valence-corrected chi connectivity index (χ2v) is 5.15. The van der Waals surface area contributed by atoms with E-state index >= 15 is 0 Å². The van der Waals surface area contributed by atoms with Crippen LogP contribution in [0.4, 0.5) is 8.78 Å². The van der Waals surface area contributed by atoms with Gasteiger partial charge in [0.1, 0.15) is 0 Å². The molecule has 0 bridgehead atoms. The lowest BCUT2D eigenvalue weighted by atomic mass is 9.65. The fourth-order valence-corrected chi connectivity index (χ4v) is 2.86. The molecule has 2 atom stereocenters. The Balaban J connectivity index is 2.61. The highest BCUT2D eigenvalue weighted by Gasteiger charge is 2.60. The van der Waals surface area contributed by atoms with Crippen LogP contribution >= 0.6 is 0 Å². The molecule has 0 amide bonds. The van der Waals surface area contributed by atoms with E-state index in [1.165, 1.54) is 13.0 Å². The Labute approximate surface area is 108 Å². The number of carboxylic acid groups (broad SMARTS) is 2. The molecule has 2 rings (SSSR count). The molecule has 6 heteroatoms. The highest BCUT2D eigenvalue weighted by Crippen LogP contribution is 2.55. The van der Waals surface area contributed by atoms with Crippen molar-refractivity contribution < 1.29 is 28.6 Å². The molecule has 104 valence electrons. The molecule has 0 aromatic rings. The van der Waals surface area contributed by atoms with Crippen LogP contribution in [0.1, 0.15) is 19.8 Å². The van der Waals surface area contributed by atoms with Gasteiger partial charge in [0.15, 0.2) is 5.41 Å². The summed E-state index contributed by atoms with van der Waals surface area (Å²) in [6.45, 7) is 1.44. The molecule has 0 aliphatic heterocycles. The zero-order chi connectivity index (χ0) is 14.4. The van der Waals surface area contributed by atoms with E-state index < -0.39 is 29.7 Å². The van der Waals surface area contributed by atoms with E-state index in [0.29, 0.717) is 12.8 Å². The zero-order valence-electron chi connectivity index (χ0n) is 10.3. The topological polar surface area (TPSA) is 74.6 Å². The van der Waals surface area contributed by atoms with Gasteiger partial charge < -0.3 is 10.2 Å². The maximum atomic E-state index is 13.4. The smallest absolute Gasteiger partial charge is 0.331 e. The third kappa shape index (κ3) is 2.05. The van der Waals surface area contributed by atoms with Crippen LogP contribution in [-0.4, -0.2) is 28.6 Å². The summed E-state index contributed by atoms with van der Waals surface area (Å²) in [5.41, 5.74) is -2.39. The summed E-state index contributed by atoms with van der Waals surface area (Å²) < 4.78 is 26.9. The van der Waals surface area contributed by atoms with Crippen molar-refractivity contribution in [2.24, 2.45) is 17.3 Å². The van der Waals surface area contributed by atoms with Crippen molar-refractivity contribution in [2.45, 2.75) is 26.2 Å². The normalized spacial score (nSPS) is 30.8. The van der Waals surface area contributed by atoms with Gasteiger partial charge in [-0.05, 0) is 31.8 Å². The van der Waals surface area contributed by atoms with Crippen molar-refractivity contribution in [1.29, 1.82) is 0 Å². The highest BCUT2D eigenvalue weighted by atomic mass is 19.3. The van der Waals surface area contributed by atoms with Crippen molar-refractivity contribution in [3.63, 3.8) is 0 Å². The van der Waals surface area contributed by atoms with Gasteiger partial charge in [-0.2, -0.15) is 0 Å². The van der Waals surface area contributed by atoms with Gasteiger partial charge in [0.05, 0.1) is 0 Å². The Hall–Kier alpha value is -1.72. The summed E-state index contributed by atoms with van der Waals surface area (Å²) in [6, 6.07) is 0. The quantitative estimate of drug-likeness (QED) is 0.823. The van der Waals surface area contributed by atoms with Crippen molar-refractivity contribution in [3.05, 3.63) is 23.3 Å². The molecule has 2 unspecified atom stereocenters. The van der Waals surface area contributed by atoms with Crippen LogP contribution in [0.2, 0.25) is 0 Å². The Kier molecular flexibility index (Phi) is 3.20. The summed E-state index contributed by atoms with van der Waals surface area (Å²) in [7, 11) is 0.